The van der Waals surface area contributed by atoms with Crippen LogP contribution in [0.5, 0.6) is 0 Å². The van der Waals surface area contributed by atoms with Crippen molar-refractivity contribution < 1.29 is 4.79 Å². The summed E-state index contributed by atoms with van der Waals surface area (Å²) in [7, 11) is 0. The van der Waals surface area contributed by atoms with Gasteiger partial charge in [-0.15, -0.1) is 11.8 Å². The van der Waals surface area contributed by atoms with Gasteiger partial charge in [0.25, 0.3) is 0 Å². The van der Waals surface area contributed by atoms with E-state index < -0.39 is 0 Å². The average Bonchev–Trinajstić information content (AvgIpc) is 2.70. The number of nitrogens with zero attached hydrogens (tertiary/aromatic N) is 1. The molecule has 3 rings (SSSR count). The Hall–Kier alpha value is -2.65. The van der Waals surface area contributed by atoms with E-state index in [9.17, 15) is 4.79 Å². The first-order valence-electron chi connectivity index (χ1n) is 9.05. The highest BCUT2D eigenvalue weighted by atomic mass is 32.2. The van der Waals surface area contributed by atoms with Gasteiger partial charge in [-0.2, -0.15) is 0 Å². The highest BCUT2D eigenvalue weighted by Crippen LogP contribution is 2.38. The highest BCUT2D eigenvalue weighted by molar-refractivity contribution is 8.00. The smallest absolute Gasteiger partial charge is 0.168 e. The van der Waals surface area contributed by atoms with Crippen LogP contribution in [0.25, 0.3) is 22.4 Å². The maximum atomic E-state index is 12.2. The van der Waals surface area contributed by atoms with E-state index in [4.69, 9.17) is 4.98 Å². The molecule has 2 aromatic carbocycles. The lowest BCUT2D eigenvalue weighted by molar-refractivity contribution is -0.113. The van der Waals surface area contributed by atoms with Crippen molar-refractivity contribution in [3.8, 4) is 22.4 Å². The van der Waals surface area contributed by atoms with Crippen molar-refractivity contribution in [3.05, 3.63) is 84.6 Å². The first kappa shape index (κ1) is 19.1. The van der Waals surface area contributed by atoms with Crippen LogP contribution in [0.1, 0.15) is 19.4 Å². The van der Waals surface area contributed by atoms with Gasteiger partial charge in [-0.1, -0.05) is 66.7 Å². The number of thioether (sulfide) groups is 1. The molecule has 3 heteroatoms. The minimum absolute atomic E-state index is 0.121. The number of hydrogen-bond donors (Lipinski definition) is 0. The molecule has 0 N–H and O–H groups in total. The van der Waals surface area contributed by atoms with Crippen molar-refractivity contribution in [2.75, 3.05) is 0 Å². The van der Waals surface area contributed by atoms with Crippen LogP contribution < -0.4 is 0 Å². The molecule has 3 aromatic rings. The number of pyridine rings is 1. The first-order chi connectivity index (χ1) is 13.1. The largest absolute Gasteiger partial charge is 0.294 e. The van der Waals surface area contributed by atoms with Crippen LogP contribution in [-0.4, -0.2) is 16.0 Å². The summed E-state index contributed by atoms with van der Waals surface area (Å²) in [6.07, 6.45) is 5.32. The monoisotopic (exact) mass is 373 g/mol. The van der Waals surface area contributed by atoms with Crippen LogP contribution >= 0.6 is 11.8 Å². The lowest BCUT2D eigenvalue weighted by atomic mass is 9.95. The van der Waals surface area contributed by atoms with Gasteiger partial charge in [0.1, 0.15) is 0 Å². The average molecular weight is 374 g/mol. The molecule has 0 aliphatic rings. The summed E-state index contributed by atoms with van der Waals surface area (Å²) in [5.41, 5.74) is 5.47. The summed E-state index contributed by atoms with van der Waals surface area (Å²) in [5, 5.41) is -0.145. The van der Waals surface area contributed by atoms with Gasteiger partial charge in [-0.25, -0.2) is 0 Å². The fourth-order valence-electron chi connectivity index (χ4n) is 3.03. The van der Waals surface area contributed by atoms with Crippen molar-refractivity contribution in [3.63, 3.8) is 0 Å². The zero-order chi connectivity index (χ0) is 19.2. The number of benzene rings is 2. The minimum Gasteiger partial charge on any atom is -0.294 e. The van der Waals surface area contributed by atoms with E-state index in [-0.39, 0.29) is 11.0 Å². The summed E-state index contributed by atoms with van der Waals surface area (Å²) in [4.78, 5) is 18.0. The topological polar surface area (TPSA) is 30.0 Å². The van der Waals surface area contributed by atoms with E-state index in [2.05, 4.69) is 31.2 Å². The second-order valence-electron chi connectivity index (χ2n) is 6.37. The van der Waals surface area contributed by atoms with Crippen molar-refractivity contribution in [2.45, 2.75) is 30.9 Å². The zero-order valence-electron chi connectivity index (χ0n) is 15.8. The van der Waals surface area contributed by atoms with Gasteiger partial charge < -0.3 is 0 Å². The summed E-state index contributed by atoms with van der Waals surface area (Å²) in [5.74, 6) is 0.121. The molecule has 1 aromatic heterocycles. The third-order valence-electron chi connectivity index (χ3n) is 4.44. The Morgan fingerprint density at radius 2 is 1.59 bits per heavy atom. The van der Waals surface area contributed by atoms with Gasteiger partial charge in [0.05, 0.1) is 10.9 Å². The molecule has 136 valence electrons. The lowest BCUT2D eigenvalue weighted by Gasteiger charge is -2.17. The van der Waals surface area contributed by atoms with Crippen molar-refractivity contribution >= 4 is 17.5 Å². The molecule has 1 unspecified atom stereocenters. The Balaban J connectivity index is 2.10. The summed E-state index contributed by atoms with van der Waals surface area (Å²) >= 11 is 1.57. The van der Waals surface area contributed by atoms with Gasteiger partial charge in [0.2, 0.25) is 0 Å². The van der Waals surface area contributed by atoms with Crippen LogP contribution in [0.4, 0.5) is 0 Å². The molecule has 0 amide bonds. The molecule has 0 aliphatic heterocycles. The number of carbonyl (C=O) groups excluding carboxylic acids is 1. The molecule has 0 saturated carbocycles. The van der Waals surface area contributed by atoms with Crippen LogP contribution in [0.3, 0.4) is 0 Å². The molecule has 1 atom stereocenters. The molecular formula is C24H23NOS. The molecule has 0 fully saturated rings. The molecule has 27 heavy (non-hydrogen) atoms. The van der Waals surface area contributed by atoms with Gasteiger partial charge >= 0.3 is 0 Å². The van der Waals surface area contributed by atoms with E-state index >= 15 is 0 Å². The molecule has 0 radical (unpaired) electrons. The van der Waals surface area contributed by atoms with E-state index in [1.165, 1.54) is 0 Å². The third-order valence-corrected chi connectivity index (χ3v) is 5.69. The third kappa shape index (κ3) is 4.37. The lowest BCUT2D eigenvalue weighted by Crippen LogP contribution is -2.10. The second-order valence-corrected chi connectivity index (χ2v) is 7.75. The zero-order valence-corrected chi connectivity index (χ0v) is 16.7. The molecule has 0 saturated heterocycles. The SMILES string of the molecule is C/C=C/C(=O)C(C)Sc1cnc(-c2ccccc2)c(-c2ccccc2)c1C. The van der Waals surface area contributed by atoms with E-state index in [1.54, 1.807) is 23.9 Å². The number of rotatable bonds is 6. The number of hydrogen-bond acceptors (Lipinski definition) is 3. The number of carbonyl (C=O) groups is 1. The maximum Gasteiger partial charge on any atom is 0.168 e. The van der Waals surface area contributed by atoms with Crippen molar-refractivity contribution in [2.24, 2.45) is 0 Å². The molecule has 0 spiro atoms. The Morgan fingerprint density at radius 3 is 2.19 bits per heavy atom. The van der Waals surface area contributed by atoms with Crippen LogP contribution in [0.2, 0.25) is 0 Å². The molecular weight excluding hydrogens is 350 g/mol. The number of allylic oxidation sites excluding steroid dienone is 2. The van der Waals surface area contributed by atoms with Crippen molar-refractivity contribution in [1.29, 1.82) is 0 Å². The van der Waals surface area contributed by atoms with Gasteiger partial charge in [0.15, 0.2) is 5.78 Å². The molecule has 2 nitrogen and oxygen atoms in total. The predicted molar refractivity (Wildman–Crippen MR) is 115 cm³/mol. The Morgan fingerprint density at radius 1 is 1.00 bits per heavy atom. The van der Waals surface area contributed by atoms with E-state index in [1.807, 2.05) is 56.4 Å². The van der Waals surface area contributed by atoms with Crippen LogP contribution in [0.15, 0.2) is 83.9 Å². The fourth-order valence-corrected chi connectivity index (χ4v) is 3.99. The molecule has 0 bridgehead atoms. The number of ketones is 1. The summed E-state index contributed by atoms with van der Waals surface area (Å²) < 4.78 is 0. The van der Waals surface area contributed by atoms with Gasteiger partial charge in [-0.05, 0) is 38.0 Å². The van der Waals surface area contributed by atoms with Gasteiger partial charge in [0, 0.05) is 22.2 Å². The second kappa shape index (κ2) is 8.83. The standard InChI is InChI=1S/C24H23NOS/c1-4-11-21(26)18(3)27-22-16-25-24(20-14-9-6-10-15-20)23(17(22)2)19-12-7-5-8-13-19/h4-16,18H,1-3H3/b11-4+. The van der Waals surface area contributed by atoms with Crippen LogP contribution in [0, 0.1) is 6.92 Å². The van der Waals surface area contributed by atoms with Crippen molar-refractivity contribution in [1.82, 2.24) is 4.98 Å². The Labute approximate surface area is 165 Å². The predicted octanol–water partition coefficient (Wildman–Crippen LogP) is 6.35. The van der Waals surface area contributed by atoms with E-state index in [0.29, 0.717) is 0 Å². The minimum atomic E-state index is -0.145. The summed E-state index contributed by atoms with van der Waals surface area (Å²) in [6, 6.07) is 20.6. The normalized spacial score (nSPS) is 12.3. The van der Waals surface area contributed by atoms with Crippen LogP contribution in [-0.2, 0) is 4.79 Å². The Bertz CT molecular complexity index is 949. The highest BCUT2D eigenvalue weighted by Gasteiger charge is 2.18. The quantitative estimate of drug-likeness (QED) is 0.372. The summed E-state index contributed by atoms with van der Waals surface area (Å²) in [6.45, 7) is 5.93. The first-order valence-corrected chi connectivity index (χ1v) is 9.93. The number of aromatic nitrogens is 1. The fraction of sp³-hybridized carbons (Fsp3) is 0.167. The maximum absolute atomic E-state index is 12.2. The van der Waals surface area contributed by atoms with E-state index in [0.717, 1.165) is 32.8 Å². The molecule has 0 aliphatic carbocycles. The van der Waals surface area contributed by atoms with Gasteiger partial charge in [-0.3, -0.25) is 9.78 Å². The molecule has 1 heterocycles. The Kier molecular flexibility index (Phi) is 6.25.